The molecular formula is C105H97F2N19O3. The Morgan fingerprint density at radius 1 is 0.473 bits per heavy atom. The third-order valence-electron chi connectivity index (χ3n) is 20.9. The number of hydrogen-bond donors (Lipinski definition) is 6. The van der Waals surface area contributed by atoms with E-state index in [1.165, 1.54) is 46.5 Å². The highest BCUT2D eigenvalue weighted by molar-refractivity contribution is 5.96. The van der Waals surface area contributed by atoms with Gasteiger partial charge >= 0.3 is 0 Å². The Kier molecular flexibility index (Phi) is 31.9. The number of halogens is 2. The Morgan fingerprint density at radius 3 is 1.43 bits per heavy atom. The molecule has 3 amide bonds. The topological polar surface area (TPSA) is 268 Å². The Hall–Kier alpha value is -16.6. The molecule has 8 heterocycles. The molecule has 0 saturated carbocycles. The number of aliphatic imine (C=N–C) groups is 2. The molecule has 644 valence electrons. The second kappa shape index (κ2) is 45.7. The van der Waals surface area contributed by atoms with E-state index in [2.05, 4.69) is 148 Å². The molecule has 0 fully saturated rings. The molecule has 129 heavy (non-hydrogen) atoms. The van der Waals surface area contributed by atoms with Crippen LogP contribution in [0.3, 0.4) is 0 Å². The number of allylic oxidation sites excluding steroid dienone is 2. The van der Waals surface area contributed by atoms with Crippen LogP contribution < -0.4 is 27.0 Å². The van der Waals surface area contributed by atoms with Crippen LogP contribution in [-0.4, -0.2) is 128 Å². The number of rotatable bonds is 27. The summed E-state index contributed by atoms with van der Waals surface area (Å²) in [5.74, 6) is 24.0. The van der Waals surface area contributed by atoms with Gasteiger partial charge in [0.1, 0.15) is 11.6 Å². The summed E-state index contributed by atoms with van der Waals surface area (Å²) in [6.07, 6.45) is 37.3. The number of nitrogens with two attached hydrogens (primary N) is 1. The molecule has 0 unspecified atom stereocenters. The summed E-state index contributed by atoms with van der Waals surface area (Å²) in [6.45, 7) is 18.8. The van der Waals surface area contributed by atoms with E-state index < -0.39 is 5.91 Å². The van der Waals surface area contributed by atoms with Gasteiger partial charge in [0, 0.05) is 162 Å². The Bertz CT molecular complexity index is 6650. The van der Waals surface area contributed by atoms with E-state index >= 15 is 0 Å². The van der Waals surface area contributed by atoms with Crippen molar-refractivity contribution in [1.82, 2.24) is 79.9 Å². The average molecular weight is 1710 g/mol. The van der Waals surface area contributed by atoms with Crippen molar-refractivity contribution < 1.29 is 23.2 Å². The highest BCUT2D eigenvalue weighted by atomic mass is 19.1. The molecule has 2 aliphatic heterocycles. The van der Waals surface area contributed by atoms with Gasteiger partial charge in [-0.1, -0.05) is 109 Å². The molecule has 8 aromatic carbocycles. The Labute approximate surface area is 749 Å². The van der Waals surface area contributed by atoms with Gasteiger partial charge in [-0.2, -0.15) is 20.4 Å². The molecule has 14 aromatic rings. The van der Waals surface area contributed by atoms with E-state index in [1.54, 1.807) is 96.6 Å². The van der Waals surface area contributed by atoms with Crippen molar-refractivity contribution in [3.8, 4) is 70.1 Å². The number of amides is 3. The van der Waals surface area contributed by atoms with Gasteiger partial charge in [-0.3, -0.25) is 34.1 Å². The molecule has 0 atom stereocenters. The number of aromatic amines is 1. The van der Waals surface area contributed by atoms with Gasteiger partial charge in [0.15, 0.2) is 0 Å². The van der Waals surface area contributed by atoms with Crippen LogP contribution in [0.25, 0.3) is 34.1 Å². The standard InChI is InChI=1S/C28H28N4O.C26H24FN5.C26H23N5O2.C25H22FN5/c1-20-21(2)31-32(22(20)3)27-14-13-26(18-25(27)12-11-23-8-5-4-6-9-23)28(33)30-16-7-10-24-15-17-29-19-24;1-20(29-13-3-4-22-17-30-31(2)18-22)23-9-12-26(32-15-14-28-19-32)24(16-23)8-5-21-6-10-25(27)11-7-21;27-25(32)22-6-1-4-19(16-22)7-8-21-17-23(9-10-24(21)31-15-3-13-30-31)26(33)29-12-2-5-20-11-14-28-18-20;1-19(28-12-2-3-21-16-29-30-17-21)22-8-11-25(31-14-13-27-18-31)23(15-22)7-4-20-5-9-24(26)10-6-20/h4-6,8-9,13-15,18-19H,7,10,16-17H2,1-3H3,(H,30,33);6-7,9-12,14-19,29H,1,3-4,13H2,2H3;1,3-4,6,9-11,13,15-18H,2,5,12,14H2,(H2,27,32)(H,29,33);5-6,8-11,13-18,28H,1-3,12H2,(H,29,30). The van der Waals surface area contributed by atoms with Gasteiger partial charge in [-0.25, -0.2) is 28.1 Å². The predicted molar refractivity (Wildman–Crippen MR) is 505 cm³/mol. The number of aryl methyl sites for hydroxylation is 4. The van der Waals surface area contributed by atoms with E-state index in [9.17, 15) is 23.2 Å². The van der Waals surface area contributed by atoms with E-state index in [1.807, 2.05) is 185 Å². The maximum Gasteiger partial charge on any atom is 0.251 e. The zero-order valence-corrected chi connectivity index (χ0v) is 72.2. The lowest BCUT2D eigenvalue weighted by Crippen LogP contribution is -2.24. The van der Waals surface area contributed by atoms with Gasteiger partial charge in [-0.15, -0.1) is 0 Å². The van der Waals surface area contributed by atoms with Gasteiger partial charge in [-0.05, 0) is 257 Å². The van der Waals surface area contributed by atoms with Crippen molar-refractivity contribution in [3.05, 3.63) is 405 Å². The molecule has 0 saturated heterocycles. The van der Waals surface area contributed by atoms with Crippen LogP contribution in [-0.2, 0) is 19.9 Å². The fourth-order valence-electron chi connectivity index (χ4n) is 13.7. The summed E-state index contributed by atoms with van der Waals surface area (Å²) >= 11 is 0. The first-order chi connectivity index (χ1) is 62.9. The number of nitrogens with zero attached hydrogens (tertiary/aromatic N) is 13. The Morgan fingerprint density at radius 2 is 0.953 bits per heavy atom. The minimum absolute atomic E-state index is 0.0945. The molecule has 0 radical (unpaired) electrons. The summed E-state index contributed by atoms with van der Waals surface area (Å²) < 4.78 is 35.6. The number of aromatic nitrogens is 12. The maximum atomic E-state index is 13.2. The molecule has 2 aliphatic rings. The molecular weight excluding hydrogens is 1610 g/mol. The molecule has 0 bridgehead atoms. The van der Waals surface area contributed by atoms with Crippen molar-refractivity contribution >= 4 is 41.5 Å². The lowest BCUT2D eigenvalue weighted by atomic mass is 10.1. The summed E-state index contributed by atoms with van der Waals surface area (Å²) in [5, 5.41) is 32.8. The number of carbonyl (C=O) groups excluding carboxylic acids is 3. The van der Waals surface area contributed by atoms with Crippen LogP contribution >= 0.6 is 0 Å². The van der Waals surface area contributed by atoms with Crippen LogP contribution in [0.5, 0.6) is 0 Å². The number of H-pyrrole nitrogens is 1. The average Bonchev–Trinajstić information content (AvgIpc) is 1.73. The summed E-state index contributed by atoms with van der Waals surface area (Å²) in [6, 6.07) is 53.9. The first kappa shape index (κ1) is 90.2. The van der Waals surface area contributed by atoms with Crippen molar-refractivity contribution in [2.24, 2.45) is 22.8 Å². The number of primary amides is 1. The third-order valence-corrected chi connectivity index (χ3v) is 20.9. The zero-order valence-electron chi connectivity index (χ0n) is 72.2. The molecule has 0 aliphatic carbocycles. The number of hydrogen-bond acceptors (Lipinski definition) is 13. The SMILES string of the molecule is C=C(NCCCc1cn[nH]c1)c1ccc(-n2ccnc2)c(C#Cc2ccc(F)cc2)c1.C=C(NCCCc1cnn(C)c1)c1ccc(-n2ccnc2)c(C#Cc2ccc(F)cc2)c1.Cc1nn(-c2ccc(C(=O)NCCCC3=CCN=C3)cc2C#Cc2ccccc2)c(C)c1C.NC(=O)c1cccc(C#Cc2cc(C(=O)NCCCC3=CCN=C3)ccc2-n2cccn2)c1. The predicted octanol–water partition coefficient (Wildman–Crippen LogP) is 16.3. The van der Waals surface area contributed by atoms with Gasteiger partial charge < -0.3 is 36.1 Å². The summed E-state index contributed by atoms with van der Waals surface area (Å²) in [4.78, 5) is 53.6. The van der Waals surface area contributed by atoms with E-state index in [4.69, 9.17) is 10.8 Å². The quantitative estimate of drug-likeness (QED) is 0.0208. The summed E-state index contributed by atoms with van der Waals surface area (Å²) in [7, 11) is 1.92. The molecule has 6 aromatic heterocycles. The van der Waals surface area contributed by atoms with Crippen LogP contribution in [0, 0.1) is 79.8 Å². The minimum atomic E-state index is -0.508. The molecule has 24 heteroatoms. The fourth-order valence-corrected chi connectivity index (χ4v) is 13.7. The third kappa shape index (κ3) is 26.5. The monoisotopic (exact) mass is 1710 g/mol. The lowest BCUT2D eigenvalue weighted by molar-refractivity contribution is 0.0945. The van der Waals surface area contributed by atoms with Gasteiger partial charge in [0.25, 0.3) is 11.8 Å². The van der Waals surface area contributed by atoms with Crippen molar-refractivity contribution in [3.63, 3.8) is 0 Å². The Balaban J connectivity index is 0.000000147. The fraction of sp³-hybridized carbons (Fsp3) is 0.171. The highest BCUT2D eigenvalue weighted by Crippen LogP contribution is 2.26. The molecule has 22 nitrogen and oxygen atoms in total. The second-order valence-corrected chi connectivity index (χ2v) is 30.3. The van der Waals surface area contributed by atoms with E-state index in [-0.39, 0.29) is 23.4 Å². The van der Waals surface area contributed by atoms with E-state index in [0.29, 0.717) is 40.9 Å². The number of nitrogens with one attached hydrogen (secondary N) is 5. The van der Waals surface area contributed by atoms with Crippen LogP contribution in [0.4, 0.5) is 8.78 Å². The lowest BCUT2D eigenvalue weighted by Gasteiger charge is -2.12. The zero-order chi connectivity index (χ0) is 90.1. The maximum absolute atomic E-state index is 13.2. The molecule has 7 N–H and O–H groups in total. The largest absolute Gasteiger partial charge is 0.385 e. The number of benzene rings is 8. The first-order valence-corrected chi connectivity index (χ1v) is 42.3. The van der Waals surface area contributed by atoms with Crippen molar-refractivity contribution in [2.45, 2.75) is 72.1 Å². The number of carbonyl (C=O) groups is 3. The molecule has 0 spiro atoms. The van der Waals surface area contributed by atoms with Crippen LogP contribution in [0.2, 0.25) is 0 Å². The number of imidazole rings is 2. The molecule has 16 rings (SSSR count). The van der Waals surface area contributed by atoms with Crippen LogP contribution in [0.1, 0.15) is 153 Å². The van der Waals surface area contributed by atoms with E-state index in [0.717, 1.165) is 173 Å². The van der Waals surface area contributed by atoms with Crippen LogP contribution in [0.15, 0.2) is 303 Å². The highest BCUT2D eigenvalue weighted by Gasteiger charge is 2.18. The summed E-state index contributed by atoms with van der Waals surface area (Å²) in [5.41, 5.74) is 28.2. The van der Waals surface area contributed by atoms with Crippen molar-refractivity contribution in [1.29, 1.82) is 0 Å². The normalized spacial score (nSPS) is 11.3. The first-order valence-electron chi connectivity index (χ1n) is 42.3. The smallest absolute Gasteiger partial charge is 0.251 e. The van der Waals surface area contributed by atoms with Crippen molar-refractivity contribution in [2.75, 3.05) is 39.3 Å². The van der Waals surface area contributed by atoms with Gasteiger partial charge in [0.05, 0.1) is 77.7 Å². The minimum Gasteiger partial charge on any atom is -0.385 e. The van der Waals surface area contributed by atoms with Gasteiger partial charge in [0.2, 0.25) is 5.91 Å². The second-order valence-electron chi connectivity index (χ2n) is 30.3.